The van der Waals surface area contributed by atoms with Gasteiger partial charge in [-0.15, -0.1) is 0 Å². The number of ether oxygens (including phenoxy) is 1. The minimum absolute atomic E-state index is 0.00169. The molecule has 98 valence electrons. The van der Waals surface area contributed by atoms with Crippen LogP contribution < -0.4 is 5.32 Å². The van der Waals surface area contributed by atoms with Crippen molar-refractivity contribution in [3.05, 3.63) is 34.3 Å². The van der Waals surface area contributed by atoms with Crippen molar-refractivity contribution in [1.82, 2.24) is 5.32 Å². The van der Waals surface area contributed by atoms with E-state index in [1.807, 2.05) is 24.3 Å². The topological polar surface area (TPSA) is 41.6 Å². The average Bonchev–Trinajstić information content (AvgIpc) is 3.17. The Kier molecular flexibility index (Phi) is 5.20. The first-order valence-electron chi connectivity index (χ1n) is 6.41. The quantitative estimate of drug-likeness (QED) is 0.621. The molecule has 0 saturated carbocycles. The molecule has 0 aromatic heterocycles. The molecule has 0 aliphatic carbocycles. The van der Waals surface area contributed by atoms with Gasteiger partial charge in [0.2, 0.25) is 0 Å². The molecule has 18 heavy (non-hydrogen) atoms. The number of carbonyl (C=O) groups is 1. The van der Waals surface area contributed by atoms with E-state index in [0.717, 1.165) is 30.5 Å². The van der Waals surface area contributed by atoms with Crippen molar-refractivity contribution < 1.29 is 9.53 Å². The van der Waals surface area contributed by atoms with Crippen molar-refractivity contribution in [2.75, 3.05) is 13.2 Å². The molecule has 4 heteroatoms. The van der Waals surface area contributed by atoms with E-state index in [1.54, 1.807) is 0 Å². The molecule has 1 N–H and O–H groups in total. The fraction of sp³-hybridized carbons (Fsp3) is 0.500. The molecule has 1 atom stereocenters. The molecule has 1 unspecified atom stereocenters. The zero-order valence-corrected chi connectivity index (χ0v) is 11.9. The Balaban J connectivity index is 1.59. The van der Waals surface area contributed by atoms with Crippen molar-refractivity contribution in [2.45, 2.75) is 31.8 Å². The van der Waals surface area contributed by atoms with E-state index in [-0.39, 0.29) is 5.91 Å². The molecule has 1 aromatic carbocycles. The molecule has 0 bridgehead atoms. The highest BCUT2D eigenvalue weighted by atomic mass is 79.9. The number of nitrogens with one attached hydrogen (secondary N) is 1. The highest BCUT2D eigenvalue weighted by Crippen LogP contribution is 2.17. The lowest BCUT2D eigenvalue weighted by Crippen LogP contribution is -2.24. The highest BCUT2D eigenvalue weighted by Gasteiger charge is 2.20. The fourth-order valence-corrected chi connectivity index (χ4v) is 2.24. The molecule has 1 heterocycles. The number of benzene rings is 1. The van der Waals surface area contributed by atoms with Gasteiger partial charge in [0, 0.05) is 16.6 Å². The monoisotopic (exact) mass is 311 g/mol. The Hall–Kier alpha value is -0.870. The molecule has 0 radical (unpaired) electrons. The van der Waals surface area contributed by atoms with Gasteiger partial charge in [0.15, 0.2) is 0 Å². The van der Waals surface area contributed by atoms with Gasteiger partial charge in [0.1, 0.15) is 0 Å². The average molecular weight is 312 g/mol. The summed E-state index contributed by atoms with van der Waals surface area (Å²) in [5.74, 6) is 0.00169. The van der Waals surface area contributed by atoms with E-state index in [1.165, 1.54) is 12.8 Å². The molecule has 0 spiro atoms. The first-order chi connectivity index (χ1) is 8.75. The Morgan fingerprint density at radius 3 is 2.94 bits per heavy atom. The highest BCUT2D eigenvalue weighted by molar-refractivity contribution is 9.10. The van der Waals surface area contributed by atoms with Crippen LogP contribution in [0.4, 0.5) is 0 Å². The van der Waals surface area contributed by atoms with E-state index in [0.29, 0.717) is 11.7 Å². The van der Waals surface area contributed by atoms with E-state index in [9.17, 15) is 4.79 Å². The Bertz CT molecular complexity index is 405. The largest absolute Gasteiger partial charge is 0.373 e. The smallest absolute Gasteiger partial charge is 0.251 e. The summed E-state index contributed by atoms with van der Waals surface area (Å²) in [6.07, 6.45) is 5.07. The van der Waals surface area contributed by atoms with Gasteiger partial charge in [-0.3, -0.25) is 4.79 Å². The van der Waals surface area contributed by atoms with E-state index in [2.05, 4.69) is 21.2 Å². The summed E-state index contributed by atoms with van der Waals surface area (Å²) in [5.41, 5.74) is 0.704. The maximum absolute atomic E-state index is 11.8. The van der Waals surface area contributed by atoms with Gasteiger partial charge in [-0.25, -0.2) is 0 Å². The van der Waals surface area contributed by atoms with Crippen molar-refractivity contribution in [3.8, 4) is 0 Å². The van der Waals surface area contributed by atoms with Gasteiger partial charge in [-0.2, -0.15) is 0 Å². The minimum atomic E-state index is 0.00169. The second-order valence-electron chi connectivity index (χ2n) is 4.57. The molecule has 1 aromatic rings. The predicted octanol–water partition coefficient (Wildman–Crippen LogP) is 3.14. The summed E-state index contributed by atoms with van der Waals surface area (Å²) in [6, 6.07) is 7.44. The number of hydrogen-bond donors (Lipinski definition) is 1. The first kappa shape index (κ1) is 13.6. The van der Waals surface area contributed by atoms with Crippen LogP contribution in [0.3, 0.4) is 0 Å². The van der Waals surface area contributed by atoms with Crippen LogP contribution >= 0.6 is 15.9 Å². The van der Waals surface area contributed by atoms with Crippen molar-refractivity contribution in [1.29, 1.82) is 0 Å². The first-order valence-corrected chi connectivity index (χ1v) is 7.20. The number of carbonyl (C=O) groups excluding carboxylic acids is 1. The van der Waals surface area contributed by atoms with Crippen molar-refractivity contribution >= 4 is 21.8 Å². The van der Waals surface area contributed by atoms with Gasteiger partial charge in [-0.05, 0) is 31.0 Å². The lowest BCUT2D eigenvalue weighted by molar-refractivity contribution is 0.0953. The van der Waals surface area contributed by atoms with E-state index in [4.69, 9.17) is 4.74 Å². The Labute approximate surface area is 116 Å². The number of halogens is 1. The second kappa shape index (κ2) is 6.90. The Morgan fingerprint density at radius 2 is 2.22 bits per heavy atom. The number of unbranched alkanes of at least 4 members (excludes halogenated alkanes) is 2. The fourth-order valence-electron chi connectivity index (χ4n) is 1.84. The van der Waals surface area contributed by atoms with Crippen LogP contribution in [-0.4, -0.2) is 25.2 Å². The van der Waals surface area contributed by atoms with Gasteiger partial charge in [0.25, 0.3) is 5.91 Å². The van der Waals surface area contributed by atoms with Crippen LogP contribution in [-0.2, 0) is 4.74 Å². The summed E-state index contributed by atoms with van der Waals surface area (Å²) < 4.78 is 6.08. The summed E-state index contributed by atoms with van der Waals surface area (Å²) in [5, 5.41) is 2.94. The van der Waals surface area contributed by atoms with Crippen molar-refractivity contribution in [2.24, 2.45) is 0 Å². The van der Waals surface area contributed by atoms with Gasteiger partial charge in [-0.1, -0.05) is 34.8 Å². The zero-order chi connectivity index (χ0) is 12.8. The van der Waals surface area contributed by atoms with Gasteiger partial charge >= 0.3 is 0 Å². The lowest BCUT2D eigenvalue weighted by Gasteiger charge is -2.05. The van der Waals surface area contributed by atoms with E-state index < -0.39 is 0 Å². The molecule has 1 saturated heterocycles. The van der Waals surface area contributed by atoms with E-state index >= 15 is 0 Å². The normalized spacial score (nSPS) is 17.5. The van der Waals surface area contributed by atoms with Crippen LogP contribution in [0.2, 0.25) is 0 Å². The van der Waals surface area contributed by atoms with Gasteiger partial charge < -0.3 is 10.1 Å². The summed E-state index contributed by atoms with van der Waals surface area (Å²) in [6.45, 7) is 1.69. The summed E-state index contributed by atoms with van der Waals surface area (Å²) >= 11 is 3.36. The predicted molar refractivity (Wildman–Crippen MR) is 74.7 cm³/mol. The SMILES string of the molecule is O=C(NCCCCCC1CO1)c1cccc(Br)c1. The van der Waals surface area contributed by atoms with Crippen LogP contribution in [0, 0.1) is 0 Å². The van der Waals surface area contributed by atoms with Gasteiger partial charge in [0.05, 0.1) is 12.7 Å². The molecule has 1 aliphatic heterocycles. The summed E-state index contributed by atoms with van der Waals surface area (Å²) in [7, 11) is 0. The third-order valence-corrected chi connectivity index (χ3v) is 3.47. The zero-order valence-electron chi connectivity index (χ0n) is 10.3. The standard InChI is InChI=1S/C14H18BrNO2/c15-12-6-4-5-11(9-12)14(17)16-8-3-1-2-7-13-10-18-13/h4-6,9,13H,1-3,7-8,10H2,(H,16,17). The molecule has 1 amide bonds. The lowest BCUT2D eigenvalue weighted by atomic mass is 10.1. The van der Waals surface area contributed by atoms with Crippen molar-refractivity contribution in [3.63, 3.8) is 0 Å². The molecule has 2 rings (SSSR count). The minimum Gasteiger partial charge on any atom is -0.373 e. The molecule has 3 nitrogen and oxygen atoms in total. The summed E-state index contributed by atoms with van der Waals surface area (Å²) in [4.78, 5) is 11.8. The molecular weight excluding hydrogens is 294 g/mol. The molecular formula is C14H18BrNO2. The third-order valence-electron chi connectivity index (χ3n) is 2.98. The van der Waals surface area contributed by atoms with Crippen LogP contribution in [0.5, 0.6) is 0 Å². The maximum Gasteiger partial charge on any atom is 0.251 e. The molecule has 1 fully saturated rings. The van der Waals surface area contributed by atoms with Crippen LogP contribution in [0.1, 0.15) is 36.0 Å². The number of epoxide rings is 1. The van der Waals surface area contributed by atoms with Crippen LogP contribution in [0.15, 0.2) is 28.7 Å². The second-order valence-corrected chi connectivity index (χ2v) is 5.49. The number of amides is 1. The number of hydrogen-bond acceptors (Lipinski definition) is 2. The number of rotatable bonds is 7. The molecule has 1 aliphatic rings. The maximum atomic E-state index is 11.8. The van der Waals surface area contributed by atoms with Crippen LogP contribution in [0.25, 0.3) is 0 Å². The Morgan fingerprint density at radius 1 is 1.39 bits per heavy atom. The third kappa shape index (κ3) is 4.78.